The normalized spacial score (nSPS) is 15.3. The number of amidine groups is 1. The van der Waals surface area contributed by atoms with Crippen LogP contribution in [-0.2, 0) is 6.18 Å². The average molecular weight is 499 g/mol. The lowest BCUT2D eigenvalue weighted by atomic mass is 10.00. The number of fused-ring (bicyclic) bond motifs is 1. The van der Waals surface area contributed by atoms with E-state index in [1.165, 1.54) is 12.1 Å². The molecule has 4 rings (SSSR count). The van der Waals surface area contributed by atoms with Gasteiger partial charge in [-0.25, -0.2) is 4.99 Å². The number of rotatable bonds is 6. The first kappa shape index (κ1) is 24.7. The van der Waals surface area contributed by atoms with Gasteiger partial charge in [-0.05, 0) is 42.8 Å². The lowest BCUT2D eigenvalue weighted by molar-refractivity contribution is -0.138. The van der Waals surface area contributed by atoms with Crippen LogP contribution in [0.1, 0.15) is 41.8 Å². The van der Waals surface area contributed by atoms with Crippen LogP contribution >= 0.6 is 11.6 Å². The van der Waals surface area contributed by atoms with E-state index in [2.05, 4.69) is 24.1 Å². The number of para-hydroxylation sites is 1. The van der Waals surface area contributed by atoms with E-state index in [-0.39, 0.29) is 5.56 Å². The zero-order chi connectivity index (χ0) is 25.2. The zero-order valence-electron chi connectivity index (χ0n) is 19.5. The van der Waals surface area contributed by atoms with Gasteiger partial charge in [0.2, 0.25) is 0 Å². The molecule has 4 nitrogen and oxygen atoms in total. The van der Waals surface area contributed by atoms with Crippen LogP contribution in [0.2, 0.25) is 5.02 Å². The molecule has 35 heavy (non-hydrogen) atoms. The van der Waals surface area contributed by atoms with Crippen LogP contribution in [0.5, 0.6) is 0 Å². The summed E-state index contributed by atoms with van der Waals surface area (Å²) in [7, 11) is 1.75. The Morgan fingerprint density at radius 3 is 2.54 bits per heavy atom. The highest BCUT2D eigenvalue weighted by molar-refractivity contribution is 6.31. The minimum atomic E-state index is -4.50. The van der Waals surface area contributed by atoms with Crippen molar-refractivity contribution in [2.45, 2.75) is 25.7 Å². The molecule has 0 fully saturated rings. The minimum absolute atomic E-state index is 0.0821. The van der Waals surface area contributed by atoms with Crippen LogP contribution in [0.4, 0.5) is 24.5 Å². The number of hydrogen-bond acceptors (Lipinski definition) is 4. The quantitative estimate of drug-likeness (QED) is 0.373. The van der Waals surface area contributed by atoms with Crippen LogP contribution < -0.4 is 15.5 Å². The third-order valence-electron chi connectivity index (χ3n) is 5.84. The first-order valence-electron chi connectivity index (χ1n) is 11.3. The fourth-order valence-electron chi connectivity index (χ4n) is 4.15. The number of nitrogens with one attached hydrogen (secondary N) is 2. The maximum absolute atomic E-state index is 13.8. The number of anilines is 2. The molecule has 1 atom stereocenters. The van der Waals surface area contributed by atoms with Gasteiger partial charge >= 0.3 is 6.18 Å². The second-order valence-corrected chi connectivity index (χ2v) is 8.72. The summed E-state index contributed by atoms with van der Waals surface area (Å²) in [5.41, 5.74) is 3.09. The van der Waals surface area contributed by atoms with Crippen molar-refractivity contribution in [2.24, 2.45) is 4.99 Å². The van der Waals surface area contributed by atoms with E-state index >= 15 is 0 Å². The van der Waals surface area contributed by atoms with Crippen LogP contribution in [0.15, 0.2) is 78.3 Å². The molecule has 1 aliphatic heterocycles. The van der Waals surface area contributed by atoms with Crippen LogP contribution in [-0.4, -0.2) is 19.4 Å². The maximum atomic E-state index is 13.8. The van der Waals surface area contributed by atoms with Crippen molar-refractivity contribution in [2.75, 3.05) is 23.8 Å². The van der Waals surface area contributed by atoms with Gasteiger partial charge in [-0.15, -0.1) is 0 Å². The Hall–Kier alpha value is -3.45. The summed E-state index contributed by atoms with van der Waals surface area (Å²) in [6, 6.07) is 18.5. The van der Waals surface area contributed by atoms with Crippen molar-refractivity contribution < 1.29 is 13.2 Å². The summed E-state index contributed by atoms with van der Waals surface area (Å²) in [6.07, 6.45) is -4.44. The molecule has 3 aromatic rings. The van der Waals surface area contributed by atoms with Gasteiger partial charge in [0.1, 0.15) is 12.0 Å². The number of halogens is 4. The van der Waals surface area contributed by atoms with Gasteiger partial charge in [-0.1, -0.05) is 55.4 Å². The number of nitrogens with zero attached hydrogens (tertiary/aromatic N) is 2. The first-order valence-corrected chi connectivity index (χ1v) is 11.6. The Bertz CT molecular complexity index is 1270. The molecule has 0 saturated heterocycles. The largest absolute Gasteiger partial charge is 0.416 e. The molecule has 1 heterocycles. The Kier molecular flexibility index (Phi) is 7.08. The van der Waals surface area contributed by atoms with Crippen molar-refractivity contribution in [3.05, 3.63) is 101 Å². The summed E-state index contributed by atoms with van der Waals surface area (Å²) < 4.78 is 41.5. The summed E-state index contributed by atoms with van der Waals surface area (Å²) in [4.78, 5) is 6.50. The van der Waals surface area contributed by atoms with Crippen molar-refractivity contribution in [1.29, 1.82) is 0 Å². The van der Waals surface area contributed by atoms with E-state index in [0.717, 1.165) is 41.5 Å². The highest BCUT2D eigenvalue weighted by atomic mass is 35.5. The summed E-state index contributed by atoms with van der Waals surface area (Å²) in [6.45, 7) is 7.01. The van der Waals surface area contributed by atoms with E-state index in [9.17, 15) is 13.2 Å². The summed E-state index contributed by atoms with van der Waals surface area (Å²) in [5, 5.41) is 7.21. The van der Waals surface area contributed by atoms with Crippen molar-refractivity contribution in [1.82, 2.24) is 5.32 Å². The number of benzene rings is 3. The van der Waals surface area contributed by atoms with E-state index in [4.69, 9.17) is 16.6 Å². The topological polar surface area (TPSA) is 39.7 Å². The van der Waals surface area contributed by atoms with E-state index < -0.39 is 17.9 Å². The number of aliphatic imine (C=N–C) groups is 1. The second-order valence-electron chi connectivity index (χ2n) is 8.28. The summed E-state index contributed by atoms with van der Waals surface area (Å²) >= 11 is 6.20. The minimum Gasteiger partial charge on any atom is -0.384 e. The Morgan fingerprint density at radius 2 is 1.80 bits per heavy atom. The molecule has 0 radical (unpaired) electrons. The van der Waals surface area contributed by atoms with Gasteiger partial charge in [-0.2, -0.15) is 13.2 Å². The molecule has 1 unspecified atom stereocenters. The molecule has 0 spiro atoms. The highest BCUT2D eigenvalue weighted by Crippen LogP contribution is 2.40. The highest BCUT2D eigenvalue weighted by Gasteiger charge is 2.37. The van der Waals surface area contributed by atoms with Gasteiger partial charge in [0, 0.05) is 52.4 Å². The SMILES string of the molecule is C=C(NC1=NC(c2ccccc2C(F)(F)F)N(C)c2ccccc21)c1ccc(Cl)cc1NCCC. The molecule has 0 amide bonds. The fraction of sp³-hybridized carbons (Fsp3) is 0.222. The average Bonchev–Trinajstić information content (AvgIpc) is 2.84. The lowest BCUT2D eigenvalue weighted by Gasteiger charge is -2.35. The standard InChI is InChI=1S/C27H26ClF3N4/c1-4-15-32-23-16-18(28)13-14-19(23)17(2)33-25-21-10-6-8-12-24(21)35(3)26(34-25)20-9-5-7-11-22(20)27(29,30)31/h5-14,16,26,32H,2,4,15H2,1,3H3,(H,33,34). The predicted molar refractivity (Wildman–Crippen MR) is 138 cm³/mol. The third kappa shape index (κ3) is 5.15. The number of alkyl halides is 3. The van der Waals surface area contributed by atoms with Crippen LogP contribution in [0.3, 0.4) is 0 Å². The fourth-order valence-corrected chi connectivity index (χ4v) is 4.32. The van der Waals surface area contributed by atoms with E-state index in [1.807, 2.05) is 36.4 Å². The van der Waals surface area contributed by atoms with Crippen LogP contribution in [0.25, 0.3) is 5.70 Å². The van der Waals surface area contributed by atoms with Gasteiger partial charge in [0.25, 0.3) is 0 Å². The molecule has 182 valence electrons. The molecular weight excluding hydrogens is 473 g/mol. The molecule has 0 aliphatic carbocycles. The molecule has 3 aromatic carbocycles. The smallest absolute Gasteiger partial charge is 0.384 e. The van der Waals surface area contributed by atoms with Gasteiger partial charge in [0.15, 0.2) is 0 Å². The van der Waals surface area contributed by atoms with Gasteiger partial charge in [0.05, 0.1) is 5.56 Å². The monoisotopic (exact) mass is 498 g/mol. The molecule has 2 N–H and O–H groups in total. The Morgan fingerprint density at radius 1 is 1.09 bits per heavy atom. The zero-order valence-corrected chi connectivity index (χ0v) is 20.2. The van der Waals surface area contributed by atoms with Gasteiger partial charge < -0.3 is 15.5 Å². The van der Waals surface area contributed by atoms with E-state index in [0.29, 0.717) is 16.6 Å². The maximum Gasteiger partial charge on any atom is 0.416 e. The molecule has 0 bridgehead atoms. The molecular formula is C27H26ClF3N4. The second kappa shape index (κ2) is 10.0. The predicted octanol–water partition coefficient (Wildman–Crippen LogP) is 7.34. The van der Waals surface area contributed by atoms with Crippen molar-refractivity contribution in [3.8, 4) is 0 Å². The first-order chi connectivity index (χ1) is 16.7. The summed E-state index contributed by atoms with van der Waals surface area (Å²) in [5.74, 6) is 0.446. The molecule has 0 aromatic heterocycles. The Labute approximate surface area is 208 Å². The van der Waals surface area contributed by atoms with Crippen molar-refractivity contribution >= 4 is 34.5 Å². The van der Waals surface area contributed by atoms with E-state index in [1.54, 1.807) is 24.1 Å². The number of hydrogen-bond donors (Lipinski definition) is 2. The van der Waals surface area contributed by atoms with Crippen LogP contribution in [0, 0.1) is 0 Å². The van der Waals surface area contributed by atoms with Gasteiger partial charge in [-0.3, -0.25) is 0 Å². The molecule has 1 aliphatic rings. The lowest BCUT2D eigenvalue weighted by Crippen LogP contribution is -2.35. The third-order valence-corrected chi connectivity index (χ3v) is 6.08. The Balaban J connectivity index is 1.76. The van der Waals surface area contributed by atoms with Crippen molar-refractivity contribution in [3.63, 3.8) is 0 Å². The molecule has 8 heteroatoms. The molecule has 0 saturated carbocycles.